The first-order chi connectivity index (χ1) is 11.7. The third-order valence-corrected chi connectivity index (χ3v) is 3.87. The lowest BCUT2D eigenvalue weighted by atomic mass is 9.80. The quantitative estimate of drug-likeness (QED) is 0.365. The molecule has 1 nitrogen and oxygen atoms in total. The molecule has 2 rings (SSSR count). The predicted molar refractivity (Wildman–Crippen MR) is 113 cm³/mol. The Morgan fingerprint density at radius 3 is 2.46 bits per heavy atom. The smallest absolute Gasteiger partial charge is 0.0704 e. The summed E-state index contributed by atoms with van der Waals surface area (Å²) in [5.41, 5.74) is 6.66. The van der Waals surface area contributed by atoms with Gasteiger partial charge in [0.2, 0.25) is 0 Å². The molecule has 1 heterocycles. The van der Waals surface area contributed by atoms with Gasteiger partial charge in [0.25, 0.3) is 0 Å². The Hall–Kier alpha value is -1.76. The number of allylic oxidation sites excluding steroid dienone is 3. The van der Waals surface area contributed by atoms with E-state index in [1.54, 1.807) is 6.26 Å². The molecule has 1 aromatic carbocycles. The molecule has 0 radical (unpaired) electrons. The third-order valence-electron chi connectivity index (χ3n) is 3.87. The zero-order valence-electron chi connectivity index (χ0n) is 15.9. The average Bonchev–Trinajstić information content (AvgIpc) is 2.65. The number of hydrogen-bond donors (Lipinski definition) is 1. The van der Waals surface area contributed by atoms with Gasteiger partial charge in [-0.3, -0.25) is 4.98 Å². The molecule has 0 spiro atoms. The van der Waals surface area contributed by atoms with Crippen molar-refractivity contribution in [3.8, 4) is 0 Å². The second-order valence-electron chi connectivity index (χ2n) is 5.16. The molecule has 1 aromatic heterocycles. The first kappa shape index (κ1) is 22.2. The molecular formula is C22H31NS. The SMILES string of the molecule is C=C=CC(C)C(C(C)=CC)c1cccc2ncccc12.CC.CS. The van der Waals surface area contributed by atoms with E-state index in [-0.39, 0.29) is 0 Å². The Labute approximate surface area is 153 Å². The van der Waals surface area contributed by atoms with E-state index in [1.165, 1.54) is 16.5 Å². The lowest BCUT2D eigenvalue weighted by Crippen LogP contribution is -2.10. The number of fused-ring (bicyclic) bond motifs is 1. The Morgan fingerprint density at radius 2 is 1.88 bits per heavy atom. The summed E-state index contributed by atoms with van der Waals surface area (Å²) in [7, 11) is 0. The van der Waals surface area contributed by atoms with Gasteiger partial charge in [-0.25, -0.2) is 0 Å². The maximum absolute atomic E-state index is 4.46. The van der Waals surface area contributed by atoms with Crippen LogP contribution in [0.4, 0.5) is 0 Å². The Morgan fingerprint density at radius 1 is 1.21 bits per heavy atom. The number of rotatable bonds is 4. The molecular weight excluding hydrogens is 310 g/mol. The summed E-state index contributed by atoms with van der Waals surface area (Å²) >= 11 is 3.53. The maximum Gasteiger partial charge on any atom is 0.0704 e. The van der Waals surface area contributed by atoms with Crippen LogP contribution in [-0.2, 0) is 0 Å². The molecule has 0 saturated carbocycles. The van der Waals surface area contributed by atoms with E-state index < -0.39 is 0 Å². The molecule has 24 heavy (non-hydrogen) atoms. The van der Waals surface area contributed by atoms with Gasteiger partial charge < -0.3 is 0 Å². The summed E-state index contributed by atoms with van der Waals surface area (Å²) in [6.07, 6.45) is 7.77. The topological polar surface area (TPSA) is 12.9 Å². The van der Waals surface area contributed by atoms with Gasteiger partial charge in [-0.15, -0.1) is 5.73 Å². The van der Waals surface area contributed by atoms with E-state index >= 15 is 0 Å². The summed E-state index contributed by atoms with van der Waals surface area (Å²) in [4.78, 5) is 4.46. The number of benzene rings is 1. The minimum atomic E-state index is 0.335. The van der Waals surface area contributed by atoms with Crippen molar-refractivity contribution in [1.82, 2.24) is 4.98 Å². The van der Waals surface area contributed by atoms with Crippen LogP contribution in [0.3, 0.4) is 0 Å². The molecule has 0 aliphatic heterocycles. The Bertz CT molecular complexity index is 676. The lowest BCUT2D eigenvalue weighted by molar-refractivity contribution is 0.617. The fourth-order valence-electron chi connectivity index (χ4n) is 2.80. The van der Waals surface area contributed by atoms with Crippen molar-refractivity contribution in [2.45, 2.75) is 40.5 Å². The fourth-order valence-corrected chi connectivity index (χ4v) is 2.80. The molecule has 0 fully saturated rings. The van der Waals surface area contributed by atoms with Crippen molar-refractivity contribution in [3.63, 3.8) is 0 Å². The highest BCUT2D eigenvalue weighted by Gasteiger charge is 2.20. The highest BCUT2D eigenvalue weighted by atomic mass is 32.1. The van der Waals surface area contributed by atoms with Crippen molar-refractivity contribution in [2.75, 3.05) is 6.26 Å². The monoisotopic (exact) mass is 341 g/mol. The molecule has 0 saturated heterocycles. The van der Waals surface area contributed by atoms with E-state index in [9.17, 15) is 0 Å². The molecule has 2 aromatic rings. The largest absolute Gasteiger partial charge is 0.256 e. The van der Waals surface area contributed by atoms with Crippen LogP contribution in [0.5, 0.6) is 0 Å². The summed E-state index contributed by atoms with van der Waals surface area (Å²) in [6, 6.07) is 10.5. The predicted octanol–water partition coefficient (Wildman–Crippen LogP) is 6.83. The van der Waals surface area contributed by atoms with Gasteiger partial charge in [-0.05, 0) is 49.8 Å². The van der Waals surface area contributed by atoms with Crippen LogP contribution in [0.25, 0.3) is 10.9 Å². The Balaban J connectivity index is 0.00000123. The van der Waals surface area contributed by atoms with E-state index in [4.69, 9.17) is 0 Å². The second-order valence-corrected chi connectivity index (χ2v) is 5.16. The third kappa shape index (κ3) is 5.70. The van der Waals surface area contributed by atoms with Crippen molar-refractivity contribution in [3.05, 3.63) is 72.1 Å². The van der Waals surface area contributed by atoms with Crippen LogP contribution in [0.15, 0.2) is 66.6 Å². The van der Waals surface area contributed by atoms with Gasteiger partial charge in [0, 0.05) is 17.5 Å². The highest BCUT2D eigenvalue weighted by molar-refractivity contribution is 7.79. The van der Waals surface area contributed by atoms with Gasteiger partial charge in [0.1, 0.15) is 0 Å². The fraction of sp³-hybridized carbons (Fsp3) is 0.364. The van der Waals surface area contributed by atoms with Crippen LogP contribution in [0.1, 0.15) is 46.1 Å². The minimum Gasteiger partial charge on any atom is -0.256 e. The molecule has 0 aliphatic carbocycles. The number of nitrogens with zero attached hydrogens (tertiary/aromatic N) is 1. The van der Waals surface area contributed by atoms with Crippen LogP contribution in [0.2, 0.25) is 0 Å². The number of hydrogen-bond acceptors (Lipinski definition) is 2. The first-order valence-corrected chi connectivity index (χ1v) is 9.35. The Kier molecular flexibility index (Phi) is 11.7. The van der Waals surface area contributed by atoms with Gasteiger partial charge in [-0.1, -0.05) is 57.2 Å². The first-order valence-electron chi connectivity index (χ1n) is 8.46. The molecule has 0 bridgehead atoms. The number of pyridine rings is 1. The second kappa shape index (κ2) is 12.6. The van der Waals surface area contributed by atoms with Crippen LogP contribution < -0.4 is 0 Å². The summed E-state index contributed by atoms with van der Waals surface area (Å²) in [6.45, 7) is 14.2. The van der Waals surface area contributed by atoms with Gasteiger partial charge in [-0.2, -0.15) is 12.6 Å². The molecule has 2 atom stereocenters. The summed E-state index contributed by atoms with van der Waals surface area (Å²) in [5.74, 6) is 0.691. The van der Waals surface area contributed by atoms with E-state index in [1.807, 2.05) is 32.2 Å². The lowest BCUT2D eigenvalue weighted by Gasteiger charge is -2.24. The summed E-state index contributed by atoms with van der Waals surface area (Å²) in [5, 5.41) is 1.23. The maximum atomic E-state index is 4.46. The molecule has 0 N–H and O–H groups in total. The average molecular weight is 342 g/mol. The van der Waals surface area contributed by atoms with Crippen molar-refractivity contribution < 1.29 is 0 Å². The number of aromatic nitrogens is 1. The standard InChI is InChI=1S/C19H21N.C2H6.CH4S/c1-5-9-15(4)19(14(3)6-2)17-10-7-12-18-16(17)11-8-13-20-18;2*1-2/h6-13,15,19H,1H2,2-4H3;1-2H3;2H,1H3. The van der Waals surface area contributed by atoms with E-state index in [2.05, 4.69) is 81.0 Å². The minimum absolute atomic E-state index is 0.335. The number of thiol groups is 1. The zero-order valence-corrected chi connectivity index (χ0v) is 16.8. The van der Waals surface area contributed by atoms with Crippen LogP contribution in [-0.4, -0.2) is 11.2 Å². The van der Waals surface area contributed by atoms with Crippen molar-refractivity contribution in [2.24, 2.45) is 5.92 Å². The molecule has 2 heteroatoms. The normalized spacial score (nSPS) is 12.7. The van der Waals surface area contributed by atoms with E-state index in [0.717, 1.165) is 5.52 Å². The van der Waals surface area contributed by atoms with Crippen molar-refractivity contribution in [1.29, 1.82) is 0 Å². The van der Waals surface area contributed by atoms with E-state index in [0.29, 0.717) is 11.8 Å². The molecule has 2 unspecified atom stereocenters. The van der Waals surface area contributed by atoms with Gasteiger partial charge >= 0.3 is 0 Å². The molecule has 130 valence electrons. The van der Waals surface area contributed by atoms with Gasteiger partial charge in [0.05, 0.1) is 5.52 Å². The van der Waals surface area contributed by atoms with Crippen LogP contribution in [0, 0.1) is 5.92 Å². The van der Waals surface area contributed by atoms with Crippen LogP contribution >= 0.6 is 12.6 Å². The molecule has 0 amide bonds. The molecule has 0 aliphatic rings. The zero-order chi connectivity index (χ0) is 18.5. The summed E-state index contributed by atoms with van der Waals surface area (Å²) < 4.78 is 0. The van der Waals surface area contributed by atoms with Gasteiger partial charge in [0.15, 0.2) is 0 Å². The highest BCUT2D eigenvalue weighted by Crippen LogP contribution is 2.36. The van der Waals surface area contributed by atoms with Crippen molar-refractivity contribution >= 4 is 23.5 Å².